The van der Waals surface area contributed by atoms with E-state index in [2.05, 4.69) is 20.6 Å². The van der Waals surface area contributed by atoms with E-state index >= 15 is 0 Å². The number of carbonyl (C=O) groups excluding carboxylic acids is 1. The SMILES string of the molecule is COc1ccccc1CCNc1cc(C(=O)NC(C)(C)C)nc(C)n1. The second-order valence-electron chi connectivity index (χ2n) is 6.88. The maximum absolute atomic E-state index is 12.3. The maximum atomic E-state index is 12.3. The highest BCUT2D eigenvalue weighted by Crippen LogP contribution is 2.18. The average Bonchev–Trinajstić information content (AvgIpc) is 2.53. The van der Waals surface area contributed by atoms with Gasteiger partial charge in [-0.05, 0) is 45.7 Å². The van der Waals surface area contributed by atoms with Crippen molar-refractivity contribution in [1.82, 2.24) is 15.3 Å². The normalized spacial score (nSPS) is 11.1. The Kier molecular flexibility index (Phi) is 5.96. The number of ether oxygens (including phenoxy) is 1. The Morgan fingerprint density at radius 1 is 1.20 bits per heavy atom. The van der Waals surface area contributed by atoms with Crippen LogP contribution in [0.25, 0.3) is 0 Å². The summed E-state index contributed by atoms with van der Waals surface area (Å²) in [6, 6.07) is 9.59. The van der Waals surface area contributed by atoms with Gasteiger partial charge in [-0.3, -0.25) is 4.79 Å². The molecule has 0 aliphatic heterocycles. The van der Waals surface area contributed by atoms with Crippen LogP contribution in [-0.2, 0) is 6.42 Å². The lowest BCUT2D eigenvalue weighted by atomic mass is 10.1. The summed E-state index contributed by atoms with van der Waals surface area (Å²) in [6.45, 7) is 8.26. The number of methoxy groups -OCH3 is 1. The van der Waals surface area contributed by atoms with Gasteiger partial charge in [-0.2, -0.15) is 0 Å². The molecule has 0 spiro atoms. The number of aryl methyl sites for hydroxylation is 1. The zero-order valence-corrected chi connectivity index (χ0v) is 15.5. The third-order valence-corrected chi connectivity index (χ3v) is 3.45. The van der Waals surface area contributed by atoms with E-state index in [9.17, 15) is 4.79 Å². The van der Waals surface area contributed by atoms with Crippen molar-refractivity contribution in [1.29, 1.82) is 0 Å². The molecule has 0 radical (unpaired) electrons. The maximum Gasteiger partial charge on any atom is 0.270 e. The van der Waals surface area contributed by atoms with Crippen LogP contribution in [0, 0.1) is 6.92 Å². The standard InChI is InChI=1S/C19H26N4O2/c1-13-21-15(18(24)23-19(2,3)4)12-17(22-13)20-11-10-14-8-6-7-9-16(14)25-5/h6-9,12H,10-11H2,1-5H3,(H,23,24)(H,20,21,22). The minimum absolute atomic E-state index is 0.203. The fraction of sp³-hybridized carbons (Fsp3) is 0.421. The number of hydrogen-bond acceptors (Lipinski definition) is 5. The summed E-state index contributed by atoms with van der Waals surface area (Å²) in [5.74, 6) is 1.86. The van der Waals surface area contributed by atoms with E-state index in [1.807, 2.05) is 45.0 Å². The molecule has 0 bridgehead atoms. The van der Waals surface area contributed by atoms with Gasteiger partial charge in [0.25, 0.3) is 5.91 Å². The Morgan fingerprint density at radius 2 is 1.92 bits per heavy atom. The van der Waals surface area contributed by atoms with Crippen molar-refractivity contribution in [2.75, 3.05) is 19.0 Å². The highest BCUT2D eigenvalue weighted by Gasteiger charge is 2.17. The molecule has 2 N–H and O–H groups in total. The zero-order valence-electron chi connectivity index (χ0n) is 15.5. The first kappa shape index (κ1) is 18.7. The smallest absolute Gasteiger partial charge is 0.270 e. The lowest BCUT2D eigenvalue weighted by molar-refractivity contribution is 0.0914. The lowest BCUT2D eigenvalue weighted by Crippen LogP contribution is -2.41. The summed E-state index contributed by atoms with van der Waals surface area (Å²) in [6.07, 6.45) is 0.788. The second kappa shape index (κ2) is 7.96. The van der Waals surface area contributed by atoms with Crippen LogP contribution in [0.3, 0.4) is 0 Å². The Morgan fingerprint density at radius 3 is 2.60 bits per heavy atom. The molecule has 0 aliphatic rings. The van der Waals surface area contributed by atoms with Crippen LogP contribution in [0.2, 0.25) is 0 Å². The van der Waals surface area contributed by atoms with Gasteiger partial charge in [0, 0.05) is 18.2 Å². The molecule has 1 aromatic carbocycles. The van der Waals surface area contributed by atoms with Gasteiger partial charge < -0.3 is 15.4 Å². The van der Waals surface area contributed by atoms with Crippen molar-refractivity contribution in [2.24, 2.45) is 0 Å². The summed E-state index contributed by atoms with van der Waals surface area (Å²) >= 11 is 0. The minimum Gasteiger partial charge on any atom is -0.496 e. The molecule has 0 aliphatic carbocycles. The quantitative estimate of drug-likeness (QED) is 0.844. The first-order valence-electron chi connectivity index (χ1n) is 8.32. The number of benzene rings is 1. The number of anilines is 1. The van der Waals surface area contributed by atoms with Gasteiger partial charge in [0.15, 0.2) is 0 Å². The van der Waals surface area contributed by atoms with Gasteiger partial charge in [0.2, 0.25) is 0 Å². The highest BCUT2D eigenvalue weighted by atomic mass is 16.5. The van der Waals surface area contributed by atoms with Crippen LogP contribution in [-0.4, -0.2) is 35.1 Å². The van der Waals surface area contributed by atoms with Gasteiger partial charge in [-0.15, -0.1) is 0 Å². The fourth-order valence-corrected chi connectivity index (χ4v) is 2.41. The molecular formula is C19H26N4O2. The predicted octanol–water partition coefficient (Wildman–Crippen LogP) is 2.98. The number of nitrogens with zero attached hydrogens (tertiary/aromatic N) is 2. The van der Waals surface area contributed by atoms with Gasteiger partial charge in [0.1, 0.15) is 23.1 Å². The number of carbonyl (C=O) groups is 1. The number of para-hydroxylation sites is 1. The van der Waals surface area contributed by atoms with Crippen LogP contribution in [0.5, 0.6) is 5.75 Å². The van der Waals surface area contributed by atoms with Gasteiger partial charge in [0.05, 0.1) is 7.11 Å². The molecule has 2 rings (SSSR count). The molecule has 0 fully saturated rings. The van der Waals surface area contributed by atoms with Crippen molar-refractivity contribution >= 4 is 11.7 Å². The van der Waals surface area contributed by atoms with E-state index in [1.165, 1.54) is 0 Å². The van der Waals surface area contributed by atoms with Gasteiger partial charge in [-0.1, -0.05) is 18.2 Å². The third kappa shape index (κ3) is 5.74. The summed E-state index contributed by atoms with van der Waals surface area (Å²) in [5, 5.41) is 6.17. The van der Waals surface area contributed by atoms with E-state index < -0.39 is 0 Å². The topological polar surface area (TPSA) is 76.1 Å². The molecule has 1 aromatic heterocycles. The first-order chi connectivity index (χ1) is 11.8. The molecule has 6 heteroatoms. The van der Waals surface area contributed by atoms with Crippen molar-refractivity contribution in [3.05, 3.63) is 47.4 Å². The van der Waals surface area contributed by atoms with E-state index in [1.54, 1.807) is 20.1 Å². The molecule has 1 heterocycles. The number of rotatable bonds is 6. The van der Waals surface area contributed by atoms with Gasteiger partial charge >= 0.3 is 0 Å². The molecule has 0 saturated carbocycles. The Bertz CT molecular complexity index is 738. The molecule has 0 atom stereocenters. The van der Waals surface area contributed by atoms with Crippen molar-refractivity contribution < 1.29 is 9.53 Å². The van der Waals surface area contributed by atoms with E-state index in [-0.39, 0.29) is 11.4 Å². The minimum atomic E-state index is -0.312. The summed E-state index contributed by atoms with van der Waals surface area (Å²) < 4.78 is 5.36. The second-order valence-corrected chi connectivity index (χ2v) is 6.88. The van der Waals surface area contributed by atoms with Crippen molar-refractivity contribution in [3.8, 4) is 5.75 Å². The lowest BCUT2D eigenvalue weighted by Gasteiger charge is -2.20. The van der Waals surface area contributed by atoms with Crippen molar-refractivity contribution in [3.63, 3.8) is 0 Å². The van der Waals surface area contributed by atoms with Gasteiger partial charge in [-0.25, -0.2) is 9.97 Å². The molecule has 1 amide bonds. The third-order valence-electron chi connectivity index (χ3n) is 3.45. The summed E-state index contributed by atoms with van der Waals surface area (Å²) in [4.78, 5) is 20.9. The number of aromatic nitrogens is 2. The van der Waals surface area contributed by atoms with E-state index in [0.717, 1.165) is 17.7 Å². The Hall–Kier alpha value is -2.63. The van der Waals surface area contributed by atoms with Crippen LogP contribution in [0.15, 0.2) is 30.3 Å². The largest absolute Gasteiger partial charge is 0.496 e. The van der Waals surface area contributed by atoms with Crippen LogP contribution in [0.1, 0.15) is 42.6 Å². The van der Waals surface area contributed by atoms with Crippen LogP contribution < -0.4 is 15.4 Å². The average molecular weight is 342 g/mol. The fourth-order valence-electron chi connectivity index (χ4n) is 2.41. The number of nitrogens with one attached hydrogen (secondary N) is 2. The Balaban J connectivity index is 2.04. The summed E-state index contributed by atoms with van der Waals surface area (Å²) in [7, 11) is 1.67. The molecule has 0 saturated heterocycles. The van der Waals surface area contributed by atoms with Crippen molar-refractivity contribution in [2.45, 2.75) is 39.7 Å². The number of hydrogen-bond donors (Lipinski definition) is 2. The number of amides is 1. The molecule has 0 unspecified atom stereocenters. The predicted molar refractivity (Wildman–Crippen MR) is 99.2 cm³/mol. The molecule has 6 nitrogen and oxygen atoms in total. The Labute approximate surface area is 149 Å². The molecule has 25 heavy (non-hydrogen) atoms. The molecule has 2 aromatic rings. The van der Waals surface area contributed by atoms with Crippen LogP contribution in [0.4, 0.5) is 5.82 Å². The molecular weight excluding hydrogens is 316 g/mol. The van der Waals surface area contributed by atoms with E-state index in [0.29, 0.717) is 23.9 Å². The zero-order chi connectivity index (χ0) is 18.4. The van der Waals surface area contributed by atoms with Crippen LogP contribution >= 0.6 is 0 Å². The van der Waals surface area contributed by atoms with E-state index in [4.69, 9.17) is 4.74 Å². The molecule has 134 valence electrons. The monoisotopic (exact) mass is 342 g/mol. The summed E-state index contributed by atoms with van der Waals surface area (Å²) in [5.41, 5.74) is 1.17. The first-order valence-corrected chi connectivity index (χ1v) is 8.32. The highest BCUT2D eigenvalue weighted by molar-refractivity contribution is 5.93.